The van der Waals surface area contributed by atoms with Gasteiger partial charge in [-0.25, -0.2) is 0 Å². The number of nitrogens with zero attached hydrogens (tertiary/aromatic N) is 1. The lowest BCUT2D eigenvalue weighted by atomic mass is 9.79. The topological polar surface area (TPSA) is 3.24 Å². The number of rotatable bonds is 8. The number of anilines is 3. The first kappa shape index (κ1) is 37.3. The van der Waals surface area contributed by atoms with Crippen LogP contribution in [0.4, 0.5) is 17.1 Å². The molecule has 0 saturated heterocycles. The maximum absolute atomic E-state index is 2.44. The molecule has 1 aliphatic rings. The van der Waals surface area contributed by atoms with Crippen LogP contribution in [0.1, 0.15) is 25.0 Å². The number of benzene rings is 10. The molecule has 62 heavy (non-hydrogen) atoms. The summed E-state index contributed by atoms with van der Waals surface area (Å²) in [6.07, 6.45) is 0. The molecule has 10 aromatic rings. The van der Waals surface area contributed by atoms with Gasteiger partial charge in [0.1, 0.15) is 0 Å². The van der Waals surface area contributed by atoms with Crippen LogP contribution >= 0.6 is 0 Å². The van der Waals surface area contributed by atoms with Crippen molar-refractivity contribution in [2.75, 3.05) is 4.90 Å². The highest BCUT2D eigenvalue weighted by Crippen LogP contribution is 2.52. The van der Waals surface area contributed by atoms with Crippen molar-refractivity contribution in [1.82, 2.24) is 0 Å². The highest BCUT2D eigenvalue weighted by molar-refractivity contribution is 5.94. The summed E-state index contributed by atoms with van der Waals surface area (Å²) < 4.78 is 0. The molecule has 0 aromatic heterocycles. The van der Waals surface area contributed by atoms with Crippen molar-refractivity contribution in [2.45, 2.75) is 19.3 Å². The van der Waals surface area contributed by atoms with E-state index in [1.54, 1.807) is 0 Å². The second-order valence-electron chi connectivity index (χ2n) is 16.9. The summed E-state index contributed by atoms with van der Waals surface area (Å²) in [5.41, 5.74) is 20.7. The first-order chi connectivity index (χ1) is 30.5. The van der Waals surface area contributed by atoms with Crippen molar-refractivity contribution in [3.05, 3.63) is 248 Å². The van der Waals surface area contributed by atoms with Gasteiger partial charge < -0.3 is 4.90 Å². The lowest BCUT2D eigenvalue weighted by molar-refractivity contribution is 0.662. The minimum Gasteiger partial charge on any atom is -0.310 e. The van der Waals surface area contributed by atoms with Gasteiger partial charge in [0.2, 0.25) is 0 Å². The number of fused-ring (bicyclic) bond motifs is 4. The Hall–Kier alpha value is -7.74. The van der Waals surface area contributed by atoms with E-state index in [2.05, 4.69) is 255 Å². The van der Waals surface area contributed by atoms with Gasteiger partial charge in [0.15, 0.2) is 0 Å². The van der Waals surface area contributed by atoms with E-state index in [9.17, 15) is 0 Å². The van der Waals surface area contributed by atoms with Crippen molar-refractivity contribution in [3.63, 3.8) is 0 Å². The normalized spacial score (nSPS) is 12.5. The quantitative estimate of drug-likeness (QED) is 0.148. The summed E-state index contributed by atoms with van der Waals surface area (Å²) in [6, 6.07) is 86.6. The molecule has 1 nitrogen and oxygen atoms in total. The molecule has 0 atom stereocenters. The molecule has 0 fully saturated rings. The van der Waals surface area contributed by atoms with Crippen LogP contribution in [0.15, 0.2) is 237 Å². The maximum atomic E-state index is 2.44. The van der Waals surface area contributed by atoms with Crippen LogP contribution in [0, 0.1) is 0 Å². The fraction of sp³-hybridized carbons (Fsp3) is 0.0492. The zero-order valence-corrected chi connectivity index (χ0v) is 35.0. The van der Waals surface area contributed by atoms with Gasteiger partial charge in [-0.2, -0.15) is 0 Å². The fourth-order valence-electron chi connectivity index (χ4n) is 9.72. The average molecular weight is 792 g/mol. The molecule has 1 heteroatoms. The molecular weight excluding hydrogens is 747 g/mol. The van der Waals surface area contributed by atoms with Crippen molar-refractivity contribution < 1.29 is 0 Å². The highest BCUT2D eigenvalue weighted by Gasteiger charge is 2.37. The third-order valence-electron chi connectivity index (χ3n) is 12.9. The molecule has 0 radical (unpaired) electrons. The summed E-state index contributed by atoms with van der Waals surface area (Å²) in [7, 11) is 0. The molecule has 0 N–H and O–H groups in total. The third-order valence-corrected chi connectivity index (χ3v) is 12.9. The van der Waals surface area contributed by atoms with Gasteiger partial charge in [-0.15, -0.1) is 0 Å². The number of hydrogen-bond acceptors (Lipinski definition) is 1. The van der Waals surface area contributed by atoms with Gasteiger partial charge >= 0.3 is 0 Å². The van der Waals surface area contributed by atoms with Crippen molar-refractivity contribution in [3.8, 4) is 66.8 Å². The Bertz CT molecular complexity index is 3220. The molecule has 0 amide bonds. The highest BCUT2D eigenvalue weighted by atomic mass is 15.1. The van der Waals surface area contributed by atoms with E-state index in [4.69, 9.17) is 0 Å². The minimum atomic E-state index is -0.107. The Kier molecular flexibility index (Phi) is 9.24. The maximum Gasteiger partial charge on any atom is 0.0546 e. The second kappa shape index (κ2) is 15.4. The van der Waals surface area contributed by atoms with Gasteiger partial charge in [0.25, 0.3) is 0 Å². The SMILES string of the molecule is CC1(C)c2ccccc2-c2cccc(-c3ccc(N(c4ccc(-c5ccc(-c6ccccc6)cc5)cc4)c4cc(-c5ccc6ccccc6c5)ccc4-c4ccccc4)cc3)c21. The van der Waals surface area contributed by atoms with Crippen molar-refractivity contribution in [1.29, 1.82) is 0 Å². The van der Waals surface area contributed by atoms with Gasteiger partial charge in [-0.3, -0.25) is 0 Å². The van der Waals surface area contributed by atoms with Crippen molar-refractivity contribution in [2.24, 2.45) is 0 Å². The van der Waals surface area contributed by atoms with Crippen LogP contribution in [0.5, 0.6) is 0 Å². The van der Waals surface area contributed by atoms with E-state index in [0.29, 0.717) is 0 Å². The third kappa shape index (κ3) is 6.60. The molecule has 0 aliphatic heterocycles. The summed E-state index contributed by atoms with van der Waals surface area (Å²) in [4.78, 5) is 2.44. The van der Waals surface area contributed by atoms with E-state index in [0.717, 1.165) is 17.1 Å². The summed E-state index contributed by atoms with van der Waals surface area (Å²) in [5, 5.41) is 2.47. The molecule has 0 unspecified atom stereocenters. The molecule has 0 heterocycles. The summed E-state index contributed by atoms with van der Waals surface area (Å²) >= 11 is 0. The fourth-order valence-corrected chi connectivity index (χ4v) is 9.72. The van der Waals surface area contributed by atoms with Crippen LogP contribution < -0.4 is 4.90 Å². The van der Waals surface area contributed by atoms with Gasteiger partial charge in [-0.05, 0) is 119 Å². The lowest BCUT2D eigenvalue weighted by Gasteiger charge is -2.29. The lowest BCUT2D eigenvalue weighted by Crippen LogP contribution is -2.16. The van der Waals surface area contributed by atoms with Gasteiger partial charge in [0.05, 0.1) is 5.69 Å². The number of hydrogen-bond donors (Lipinski definition) is 0. The van der Waals surface area contributed by atoms with Crippen LogP contribution in [0.2, 0.25) is 0 Å². The average Bonchev–Trinajstić information content (AvgIpc) is 3.58. The predicted octanol–water partition coefficient (Wildman–Crippen LogP) is 17.0. The minimum absolute atomic E-state index is 0.107. The van der Waals surface area contributed by atoms with Gasteiger partial charge in [-0.1, -0.05) is 214 Å². The Morgan fingerprint density at radius 1 is 0.290 bits per heavy atom. The molecular formula is C61H45N. The zero-order chi connectivity index (χ0) is 41.6. The summed E-state index contributed by atoms with van der Waals surface area (Å²) in [5.74, 6) is 0. The van der Waals surface area contributed by atoms with Gasteiger partial charge in [0, 0.05) is 22.4 Å². The van der Waals surface area contributed by atoms with Crippen LogP contribution in [0.3, 0.4) is 0 Å². The molecule has 10 aromatic carbocycles. The molecule has 11 rings (SSSR count). The smallest absolute Gasteiger partial charge is 0.0546 e. The van der Waals surface area contributed by atoms with Crippen molar-refractivity contribution >= 4 is 27.8 Å². The van der Waals surface area contributed by atoms with Crippen LogP contribution in [0.25, 0.3) is 77.5 Å². The molecule has 0 saturated carbocycles. The van der Waals surface area contributed by atoms with E-state index >= 15 is 0 Å². The largest absolute Gasteiger partial charge is 0.310 e. The van der Waals surface area contributed by atoms with E-state index in [-0.39, 0.29) is 5.41 Å². The Morgan fingerprint density at radius 3 is 1.42 bits per heavy atom. The zero-order valence-electron chi connectivity index (χ0n) is 35.0. The Balaban J connectivity index is 1.05. The first-order valence-corrected chi connectivity index (χ1v) is 21.6. The Labute approximate surface area is 364 Å². The van der Waals surface area contributed by atoms with Crippen LogP contribution in [-0.2, 0) is 5.41 Å². The summed E-state index contributed by atoms with van der Waals surface area (Å²) in [6.45, 7) is 4.73. The van der Waals surface area contributed by atoms with E-state index in [1.165, 1.54) is 88.7 Å². The second-order valence-corrected chi connectivity index (χ2v) is 16.9. The van der Waals surface area contributed by atoms with E-state index < -0.39 is 0 Å². The Morgan fingerprint density at radius 2 is 0.742 bits per heavy atom. The predicted molar refractivity (Wildman–Crippen MR) is 263 cm³/mol. The monoisotopic (exact) mass is 791 g/mol. The van der Waals surface area contributed by atoms with E-state index in [1.807, 2.05) is 0 Å². The molecule has 294 valence electrons. The molecule has 1 aliphatic carbocycles. The van der Waals surface area contributed by atoms with Crippen LogP contribution in [-0.4, -0.2) is 0 Å². The standard InChI is InChI=1S/C61H45N/c1-61(2)58-23-12-11-20-56(58)57-22-13-21-55(60(57)61)48-32-37-53(38-33-48)62(52-35-30-46(31-36-52)45-26-24-44(25-27-45)42-14-5-3-6-15-42)59-41-51(34-39-54(59)47-17-7-4-8-18-47)50-29-28-43-16-9-10-19-49(43)40-50/h3-41H,1-2H3. The molecule has 0 spiro atoms. The molecule has 0 bridgehead atoms. The first-order valence-electron chi connectivity index (χ1n) is 21.6.